The molecule has 0 aliphatic carbocycles. The van der Waals surface area contributed by atoms with Crippen molar-refractivity contribution in [1.82, 2.24) is 9.55 Å². The van der Waals surface area contributed by atoms with Gasteiger partial charge in [0.15, 0.2) is 6.23 Å². The fourth-order valence-electron chi connectivity index (χ4n) is 3.65. The highest BCUT2D eigenvalue weighted by Crippen LogP contribution is 2.47. The van der Waals surface area contributed by atoms with Crippen LogP contribution < -0.4 is 11.2 Å². The Morgan fingerprint density at radius 3 is 2.95 bits per heavy atom. The third-order valence-corrected chi connectivity index (χ3v) is 4.64. The number of H-pyrrole nitrogens is 1. The van der Waals surface area contributed by atoms with Gasteiger partial charge < -0.3 is 14.2 Å². The van der Waals surface area contributed by atoms with E-state index in [1.165, 1.54) is 10.8 Å². The van der Waals surface area contributed by atoms with Crippen LogP contribution in [-0.4, -0.2) is 41.1 Å². The second-order valence-corrected chi connectivity index (χ2v) is 6.04. The molecule has 1 aromatic rings. The number of aryl methyl sites for hydroxylation is 1. The van der Waals surface area contributed by atoms with Gasteiger partial charge in [0.05, 0.1) is 6.61 Å². The van der Waals surface area contributed by atoms with Crippen LogP contribution in [0.5, 0.6) is 0 Å². The van der Waals surface area contributed by atoms with E-state index in [1.807, 2.05) is 0 Å². The fraction of sp³-hybridized carbons (Fsp3) is 0.733. The summed E-state index contributed by atoms with van der Waals surface area (Å²) in [6, 6.07) is 0. The van der Waals surface area contributed by atoms with Crippen molar-refractivity contribution in [2.75, 3.05) is 13.7 Å². The summed E-state index contributed by atoms with van der Waals surface area (Å²) in [5.74, 6) is 0. The Balaban J connectivity index is 2.04. The topological polar surface area (TPSA) is 82.5 Å². The highest BCUT2D eigenvalue weighted by atomic mass is 16.6. The van der Waals surface area contributed by atoms with Crippen LogP contribution in [0, 0.1) is 6.92 Å². The summed E-state index contributed by atoms with van der Waals surface area (Å²) in [6.07, 6.45) is 2.92. The summed E-state index contributed by atoms with van der Waals surface area (Å²) in [7, 11) is 1.64. The molecule has 1 unspecified atom stereocenters. The molecule has 0 aromatic carbocycles. The molecule has 7 heteroatoms. The normalized spacial score (nSPS) is 34.0. The molecule has 3 heterocycles. The van der Waals surface area contributed by atoms with E-state index in [9.17, 15) is 9.59 Å². The standard InChI is InChI=1S/C15H22N2O5/c1-4-5-15-6-7-21-10(11(15)20-3)13(22-15)17-8-9(2)12(18)16-14(17)19/h8,10-11,13H,4-7H2,1-3H3,(H,16,18,19)/t10-,11?,13+,15-/m0/s1. The van der Waals surface area contributed by atoms with Crippen molar-refractivity contribution in [2.45, 2.75) is 57.1 Å². The van der Waals surface area contributed by atoms with E-state index in [4.69, 9.17) is 14.2 Å². The molecule has 0 saturated carbocycles. The first kappa shape index (κ1) is 15.5. The molecule has 0 spiro atoms. The zero-order valence-electron chi connectivity index (χ0n) is 13.1. The van der Waals surface area contributed by atoms with Crippen molar-refractivity contribution in [3.8, 4) is 0 Å². The Bertz CT molecular complexity index is 663. The maximum absolute atomic E-state index is 12.2. The van der Waals surface area contributed by atoms with Crippen molar-refractivity contribution in [2.24, 2.45) is 0 Å². The zero-order chi connectivity index (χ0) is 15.9. The minimum atomic E-state index is -0.581. The van der Waals surface area contributed by atoms with Crippen LogP contribution in [0.25, 0.3) is 0 Å². The second kappa shape index (κ2) is 5.64. The first-order chi connectivity index (χ1) is 10.5. The van der Waals surface area contributed by atoms with Gasteiger partial charge in [-0.1, -0.05) is 13.3 Å². The summed E-state index contributed by atoms with van der Waals surface area (Å²) in [5, 5.41) is 0. The van der Waals surface area contributed by atoms with E-state index in [2.05, 4.69) is 11.9 Å². The molecule has 2 fully saturated rings. The molecule has 1 N–H and O–H groups in total. The Morgan fingerprint density at radius 1 is 1.50 bits per heavy atom. The molecule has 2 aliphatic heterocycles. The van der Waals surface area contributed by atoms with Crippen LogP contribution in [0.15, 0.2) is 15.8 Å². The molecule has 0 radical (unpaired) electrons. The van der Waals surface area contributed by atoms with Crippen LogP contribution >= 0.6 is 0 Å². The lowest BCUT2D eigenvalue weighted by molar-refractivity contribution is -0.139. The minimum absolute atomic E-state index is 0.217. The van der Waals surface area contributed by atoms with E-state index in [-0.39, 0.29) is 17.8 Å². The first-order valence-electron chi connectivity index (χ1n) is 7.66. The van der Waals surface area contributed by atoms with Crippen molar-refractivity contribution < 1.29 is 14.2 Å². The van der Waals surface area contributed by atoms with Gasteiger partial charge in [-0.25, -0.2) is 4.79 Å². The van der Waals surface area contributed by atoms with Crippen LogP contribution in [0.2, 0.25) is 0 Å². The maximum Gasteiger partial charge on any atom is 0.330 e. The van der Waals surface area contributed by atoms with Gasteiger partial charge in [0.1, 0.15) is 17.8 Å². The predicted molar refractivity (Wildman–Crippen MR) is 79.0 cm³/mol. The van der Waals surface area contributed by atoms with Crippen LogP contribution in [-0.2, 0) is 14.2 Å². The van der Waals surface area contributed by atoms with Gasteiger partial charge in [0.25, 0.3) is 5.56 Å². The van der Waals surface area contributed by atoms with Crippen LogP contribution in [0.1, 0.15) is 38.0 Å². The number of hydrogen-bond acceptors (Lipinski definition) is 5. The molecule has 3 rings (SSSR count). The van der Waals surface area contributed by atoms with Crippen molar-refractivity contribution >= 4 is 0 Å². The third-order valence-electron chi connectivity index (χ3n) is 4.64. The molecule has 7 nitrogen and oxygen atoms in total. The second-order valence-electron chi connectivity index (χ2n) is 6.04. The van der Waals surface area contributed by atoms with E-state index in [1.54, 1.807) is 14.0 Å². The van der Waals surface area contributed by atoms with Gasteiger partial charge in [-0.3, -0.25) is 14.3 Å². The lowest BCUT2D eigenvalue weighted by Crippen LogP contribution is -2.50. The molecule has 2 saturated heterocycles. The summed E-state index contributed by atoms with van der Waals surface area (Å²) in [6.45, 7) is 4.34. The average molecular weight is 310 g/mol. The summed E-state index contributed by atoms with van der Waals surface area (Å²) < 4.78 is 19.2. The number of hydrogen-bond donors (Lipinski definition) is 1. The van der Waals surface area contributed by atoms with E-state index >= 15 is 0 Å². The molecule has 2 aliphatic rings. The predicted octanol–water partition coefficient (Wildman–Crippen LogP) is 0.717. The summed E-state index contributed by atoms with van der Waals surface area (Å²) in [5.41, 5.74) is -0.836. The molecule has 0 amide bonds. The molecular weight excluding hydrogens is 288 g/mol. The Kier molecular flexibility index (Phi) is 3.96. The maximum atomic E-state index is 12.2. The number of aromatic nitrogens is 2. The number of aromatic amines is 1. The first-order valence-corrected chi connectivity index (χ1v) is 7.66. The lowest BCUT2D eigenvalue weighted by Gasteiger charge is -2.37. The van der Waals surface area contributed by atoms with Gasteiger partial charge in [0, 0.05) is 25.3 Å². The number of methoxy groups -OCH3 is 1. The number of nitrogens with zero attached hydrogens (tertiary/aromatic N) is 1. The van der Waals surface area contributed by atoms with E-state index < -0.39 is 17.5 Å². The van der Waals surface area contributed by atoms with Crippen LogP contribution in [0.3, 0.4) is 0 Å². The third kappa shape index (κ3) is 2.24. The highest BCUT2D eigenvalue weighted by Gasteiger charge is 2.58. The zero-order valence-corrected chi connectivity index (χ0v) is 13.1. The largest absolute Gasteiger partial charge is 0.376 e. The summed E-state index contributed by atoms with van der Waals surface area (Å²) in [4.78, 5) is 26.0. The molecule has 4 atom stereocenters. The summed E-state index contributed by atoms with van der Waals surface area (Å²) >= 11 is 0. The van der Waals surface area contributed by atoms with Gasteiger partial charge in [-0.05, 0) is 13.3 Å². The Hall–Kier alpha value is -1.44. The van der Waals surface area contributed by atoms with Gasteiger partial charge in [0.2, 0.25) is 0 Å². The quantitative estimate of drug-likeness (QED) is 0.886. The molecule has 2 bridgehead atoms. The molecular formula is C15H22N2O5. The van der Waals surface area contributed by atoms with Gasteiger partial charge >= 0.3 is 5.69 Å². The van der Waals surface area contributed by atoms with Crippen molar-refractivity contribution in [3.05, 3.63) is 32.6 Å². The van der Waals surface area contributed by atoms with Crippen molar-refractivity contribution in [3.63, 3.8) is 0 Å². The molecule has 122 valence electrons. The molecule has 1 aromatic heterocycles. The van der Waals surface area contributed by atoms with E-state index in [0.717, 1.165) is 19.3 Å². The van der Waals surface area contributed by atoms with Crippen LogP contribution in [0.4, 0.5) is 0 Å². The number of nitrogens with one attached hydrogen (secondary N) is 1. The SMILES string of the molecule is CCC[C@]12CCO[C@@H](C1OC)[C@H](n1cc(C)c(=O)[nH]c1=O)O2. The van der Waals surface area contributed by atoms with Crippen molar-refractivity contribution in [1.29, 1.82) is 0 Å². The van der Waals surface area contributed by atoms with E-state index in [0.29, 0.717) is 12.2 Å². The smallest absolute Gasteiger partial charge is 0.330 e. The fourth-order valence-corrected chi connectivity index (χ4v) is 3.65. The van der Waals surface area contributed by atoms with Gasteiger partial charge in [-0.15, -0.1) is 0 Å². The van der Waals surface area contributed by atoms with Gasteiger partial charge in [-0.2, -0.15) is 0 Å². The highest BCUT2D eigenvalue weighted by molar-refractivity contribution is 5.08. The molecule has 22 heavy (non-hydrogen) atoms. The minimum Gasteiger partial charge on any atom is -0.376 e. The lowest BCUT2D eigenvalue weighted by atomic mass is 9.85. The number of ether oxygens (including phenoxy) is 3. The average Bonchev–Trinajstić information content (AvgIpc) is 2.65. The Morgan fingerprint density at radius 2 is 2.27 bits per heavy atom. The Labute approximate surface area is 128 Å². The number of rotatable bonds is 4. The number of fused-ring (bicyclic) bond motifs is 2. The monoisotopic (exact) mass is 310 g/mol.